The summed E-state index contributed by atoms with van der Waals surface area (Å²) in [5.74, 6) is -0.622. The van der Waals surface area contributed by atoms with Crippen molar-refractivity contribution in [1.29, 1.82) is 0 Å². The van der Waals surface area contributed by atoms with Crippen LogP contribution in [0, 0.1) is 2.88 Å². The third-order valence-corrected chi connectivity index (χ3v) is 4.49. The molecule has 0 aliphatic heterocycles. The Morgan fingerprint density at radius 1 is 1.35 bits per heavy atom. The van der Waals surface area contributed by atoms with Crippen LogP contribution in [-0.2, 0) is 6.18 Å². The first-order valence-corrected chi connectivity index (χ1v) is 7.54. The van der Waals surface area contributed by atoms with Crippen LogP contribution in [0.2, 0.25) is 5.02 Å². The molecule has 1 aromatic carbocycles. The van der Waals surface area contributed by atoms with Crippen molar-refractivity contribution in [2.45, 2.75) is 6.18 Å². The normalized spacial score (nSPS) is 11.4. The smallest absolute Gasteiger partial charge is 0.320 e. The van der Waals surface area contributed by atoms with Crippen LogP contribution in [0.1, 0.15) is 15.9 Å². The van der Waals surface area contributed by atoms with Crippen molar-refractivity contribution in [3.63, 3.8) is 0 Å². The summed E-state index contributed by atoms with van der Waals surface area (Å²) in [6.07, 6.45) is -4.59. The molecule has 1 amide bonds. The lowest BCUT2D eigenvalue weighted by Gasteiger charge is -2.14. The lowest BCUT2D eigenvalue weighted by molar-refractivity contribution is -0.136. The topological polar surface area (TPSA) is 29.1 Å². The van der Waals surface area contributed by atoms with E-state index in [1.165, 1.54) is 23.5 Å². The number of halogens is 5. The van der Waals surface area contributed by atoms with Crippen LogP contribution in [0.25, 0.3) is 0 Å². The monoisotopic (exact) mass is 431 g/mol. The van der Waals surface area contributed by atoms with E-state index in [0.29, 0.717) is 5.56 Å². The minimum absolute atomic E-state index is 0.155. The number of hydrogen-bond acceptors (Lipinski definition) is 2. The van der Waals surface area contributed by atoms with Crippen LogP contribution >= 0.6 is 45.5 Å². The molecular formula is C12H6ClF3INOS. The van der Waals surface area contributed by atoms with E-state index in [0.717, 1.165) is 8.95 Å². The van der Waals surface area contributed by atoms with Gasteiger partial charge in [0.1, 0.15) is 0 Å². The highest BCUT2D eigenvalue weighted by Gasteiger charge is 2.34. The summed E-state index contributed by atoms with van der Waals surface area (Å²) in [4.78, 5) is 11.9. The number of hydrogen-bond donors (Lipinski definition) is 1. The van der Waals surface area contributed by atoms with Crippen LogP contribution < -0.4 is 5.32 Å². The number of alkyl halides is 3. The van der Waals surface area contributed by atoms with Gasteiger partial charge in [0.25, 0.3) is 5.91 Å². The van der Waals surface area contributed by atoms with E-state index >= 15 is 0 Å². The highest BCUT2D eigenvalue weighted by molar-refractivity contribution is 14.1. The molecule has 20 heavy (non-hydrogen) atoms. The number of anilines is 1. The van der Waals surface area contributed by atoms with Crippen LogP contribution in [0.15, 0.2) is 29.6 Å². The summed E-state index contributed by atoms with van der Waals surface area (Å²) in [6, 6.07) is 4.95. The van der Waals surface area contributed by atoms with E-state index in [2.05, 4.69) is 5.32 Å². The van der Waals surface area contributed by atoms with Crippen LogP contribution in [-0.4, -0.2) is 5.91 Å². The molecule has 0 aliphatic carbocycles. The molecule has 0 radical (unpaired) electrons. The van der Waals surface area contributed by atoms with Gasteiger partial charge in [0.05, 0.1) is 24.7 Å². The third-order valence-electron chi connectivity index (χ3n) is 2.39. The average Bonchev–Trinajstić information content (AvgIpc) is 2.77. The first-order chi connectivity index (χ1) is 9.29. The molecule has 0 aliphatic rings. The van der Waals surface area contributed by atoms with Crippen LogP contribution in [0.5, 0.6) is 0 Å². The molecule has 8 heteroatoms. The quantitative estimate of drug-likeness (QED) is 0.644. The molecule has 0 saturated heterocycles. The molecule has 106 valence electrons. The zero-order valence-corrected chi connectivity index (χ0v) is 13.3. The van der Waals surface area contributed by atoms with Gasteiger partial charge in [-0.3, -0.25) is 4.79 Å². The summed E-state index contributed by atoms with van der Waals surface area (Å²) >= 11 is 9.11. The summed E-state index contributed by atoms with van der Waals surface area (Å²) in [5, 5.41) is 3.64. The molecule has 0 spiro atoms. The Balaban J connectivity index is 2.36. The zero-order chi connectivity index (χ0) is 14.9. The number of para-hydroxylation sites is 1. The van der Waals surface area contributed by atoms with Crippen molar-refractivity contribution >= 4 is 57.1 Å². The molecule has 0 bridgehead atoms. The Hall–Kier alpha value is -0.800. The van der Waals surface area contributed by atoms with E-state index in [9.17, 15) is 18.0 Å². The molecule has 1 heterocycles. The molecule has 1 N–H and O–H groups in total. The minimum Gasteiger partial charge on any atom is -0.320 e. The van der Waals surface area contributed by atoms with Gasteiger partial charge in [0.15, 0.2) is 0 Å². The molecule has 0 unspecified atom stereocenters. The highest BCUT2D eigenvalue weighted by Crippen LogP contribution is 2.38. The summed E-state index contributed by atoms with van der Waals surface area (Å²) in [7, 11) is 0. The predicted molar refractivity (Wildman–Crippen MR) is 81.4 cm³/mol. The van der Waals surface area contributed by atoms with Gasteiger partial charge in [0.2, 0.25) is 0 Å². The lowest BCUT2D eigenvalue weighted by atomic mass is 10.1. The van der Waals surface area contributed by atoms with Crippen molar-refractivity contribution in [3.8, 4) is 0 Å². The van der Waals surface area contributed by atoms with Crippen molar-refractivity contribution in [2.75, 3.05) is 5.32 Å². The summed E-state index contributed by atoms with van der Waals surface area (Å²) < 4.78 is 39.5. The van der Waals surface area contributed by atoms with Crippen LogP contribution in [0.4, 0.5) is 18.9 Å². The number of benzene rings is 1. The molecule has 2 nitrogen and oxygen atoms in total. The zero-order valence-electron chi connectivity index (χ0n) is 9.59. The summed E-state index contributed by atoms with van der Waals surface area (Å²) in [5.41, 5.74) is -1.09. The Bertz CT molecular complexity index is 656. The van der Waals surface area contributed by atoms with Crippen molar-refractivity contribution in [3.05, 3.63) is 48.7 Å². The van der Waals surface area contributed by atoms with Crippen LogP contribution in [0.3, 0.4) is 0 Å². The highest BCUT2D eigenvalue weighted by atomic mass is 127. The number of carbonyl (C=O) groups excluding carboxylic acids is 1. The Labute approximate surface area is 135 Å². The first kappa shape index (κ1) is 15.6. The van der Waals surface area contributed by atoms with E-state index < -0.39 is 23.3 Å². The fourth-order valence-corrected chi connectivity index (χ4v) is 3.05. The number of carbonyl (C=O) groups is 1. The Kier molecular flexibility index (Phi) is 4.60. The molecule has 0 fully saturated rings. The van der Waals surface area contributed by atoms with E-state index in [1.807, 2.05) is 22.6 Å². The van der Waals surface area contributed by atoms with Gasteiger partial charge in [-0.05, 0) is 40.8 Å². The fourth-order valence-electron chi connectivity index (χ4n) is 1.50. The van der Waals surface area contributed by atoms with Gasteiger partial charge in [-0.25, -0.2) is 0 Å². The van der Waals surface area contributed by atoms with Gasteiger partial charge in [-0.15, -0.1) is 11.3 Å². The molecule has 1 aromatic heterocycles. The standard InChI is InChI=1S/C12H6ClF3INOS/c13-8-3-1-2-7(12(14,15)16)10(8)18-11(19)6-4-9(17)20-5-6/h1-5H,(H,18,19). The number of amides is 1. The molecule has 2 aromatic rings. The van der Waals surface area contributed by atoms with E-state index in [-0.39, 0.29) is 5.02 Å². The van der Waals surface area contributed by atoms with Gasteiger partial charge in [-0.1, -0.05) is 17.7 Å². The van der Waals surface area contributed by atoms with Gasteiger partial charge < -0.3 is 5.32 Å². The van der Waals surface area contributed by atoms with Crippen molar-refractivity contribution in [1.82, 2.24) is 0 Å². The number of nitrogens with one attached hydrogen (secondary N) is 1. The van der Waals surface area contributed by atoms with E-state index in [1.54, 1.807) is 11.4 Å². The van der Waals surface area contributed by atoms with Gasteiger partial charge in [-0.2, -0.15) is 13.2 Å². The molecule has 0 atom stereocenters. The average molecular weight is 432 g/mol. The number of rotatable bonds is 2. The second kappa shape index (κ2) is 5.90. The predicted octanol–water partition coefficient (Wildman–Crippen LogP) is 5.28. The molecule has 0 saturated carbocycles. The minimum atomic E-state index is -4.59. The largest absolute Gasteiger partial charge is 0.418 e. The molecule has 2 rings (SSSR count). The third kappa shape index (κ3) is 3.44. The fraction of sp³-hybridized carbons (Fsp3) is 0.0833. The first-order valence-electron chi connectivity index (χ1n) is 5.20. The second-order valence-corrected chi connectivity index (χ2v) is 6.97. The Morgan fingerprint density at radius 2 is 2.05 bits per heavy atom. The Morgan fingerprint density at radius 3 is 2.60 bits per heavy atom. The van der Waals surface area contributed by atoms with Crippen molar-refractivity contribution in [2.24, 2.45) is 0 Å². The SMILES string of the molecule is O=C(Nc1c(Cl)cccc1C(F)(F)F)c1csc(I)c1. The second-order valence-electron chi connectivity index (χ2n) is 3.75. The maximum absolute atomic E-state index is 12.9. The maximum atomic E-state index is 12.9. The molecular weight excluding hydrogens is 426 g/mol. The van der Waals surface area contributed by atoms with Gasteiger partial charge >= 0.3 is 6.18 Å². The van der Waals surface area contributed by atoms with E-state index in [4.69, 9.17) is 11.6 Å². The maximum Gasteiger partial charge on any atom is 0.418 e. The van der Waals surface area contributed by atoms with Crippen molar-refractivity contribution < 1.29 is 18.0 Å². The van der Waals surface area contributed by atoms with Gasteiger partial charge in [0, 0.05) is 5.38 Å². The number of thiophene rings is 1. The summed E-state index contributed by atoms with van der Waals surface area (Å²) in [6.45, 7) is 0. The lowest BCUT2D eigenvalue weighted by Crippen LogP contribution is -2.16.